The van der Waals surface area contributed by atoms with Crippen molar-refractivity contribution in [2.75, 3.05) is 20.8 Å². The molecule has 12 heteroatoms. The lowest BCUT2D eigenvalue weighted by Crippen LogP contribution is -2.37. The first-order valence-corrected chi connectivity index (χ1v) is 14.3. The van der Waals surface area contributed by atoms with E-state index < -0.39 is 21.2 Å². The van der Waals surface area contributed by atoms with Crippen molar-refractivity contribution in [3.63, 3.8) is 0 Å². The van der Waals surface area contributed by atoms with Crippen LogP contribution < -0.4 is 18.9 Å². The van der Waals surface area contributed by atoms with Gasteiger partial charge in [-0.15, -0.1) is 10.2 Å². The Bertz CT molecular complexity index is 1630. The minimum absolute atomic E-state index is 0.162. The summed E-state index contributed by atoms with van der Waals surface area (Å²) >= 11 is 0. The molecule has 1 aliphatic rings. The van der Waals surface area contributed by atoms with E-state index in [0.29, 0.717) is 53.8 Å². The van der Waals surface area contributed by atoms with E-state index in [-0.39, 0.29) is 11.6 Å². The number of aromatic nitrogens is 4. The number of carbonyl (C=O) groups is 1. The van der Waals surface area contributed by atoms with Crippen molar-refractivity contribution in [1.29, 1.82) is 0 Å². The number of rotatable bonds is 9. The van der Waals surface area contributed by atoms with Gasteiger partial charge >= 0.3 is 5.91 Å². The van der Waals surface area contributed by atoms with Crippen LogP contribution in [-0.4, -0.2) is 54.9 Å². The number of nitrogens with one attached hydrogen (secondary N) is 1. The van der Waals surface area contributed by atoms with Crippen molar-refractivity contribution in [3.05, 3.63) is 77.6 Å². The summed E-state index contributed by atoms with van der Waals surface area (Å²) in [7, 11) is -1.18. The largest absolute Gasteiger partial charge is 0.494 e. The van der Waals surface area contributed by atoms with Gasteiger partial charge in [-0.05, 0) is 55.5 Å². The van der Waals surface area contributed by atoms with Gasteiger partial charge in [-0.25, -0.2) is 18.1 Å². The van der Waals surface area contributed by atoms with Gasteiger partial charge in [0.2, 0.25) is 21.7 Å². The fourth-order valence-electron chi connectivity index (χ4n) is 4.91. The monoisotopic (exact) mass is 563 g/mol. The highest BCUT2D eigenvalue weighted by atomic mass is 32.2. The smallest absolute Gasteiger partial charge is 0.303 e. The minimum Gasteiger partial charge on any atom is -0.494 e. The number of carbonyl (C=O) groups excluding carboxylic acids is 1. The van der Waals surface area contributed by atoms with Crippen molar-refractivity contribution >= 4 is 15.9 Å². The fraction of sp³-hybridized carbons (Fsp3) is 0.286. The molecule has 4 aromatic rings. The topological polar surface area (TPSA) is 135 Å². The molecule has 0 saturated heterocycles. The molecule has 1 amide bonds. The highest BCUT2D eigenvalue weighted by molar-refractivity contribution is 7.90. The first-order chi connectivity index (χ1) is 19.4. The van der Waals surface area contributed by atoms with Gasteiger partial charge in [0.25, 0.3) is 0 Å². The first-order valence-electron chi connectivity index (χ1n) is 12.8. The Morgan fingerprint density at radius 3 is 2.45 bits per heavy atom. The number of methoxy groups -OCH3 is 2. The van der Waals surface area contributed by atoms with Crippen molar-refractivity contribution in [1.82, 2.24) is 24.5 Å². The quantitative estimate of drug-likeness (QED) is 0.322. The number of fused-ring (bicyclic) bond motifs is 1. The predicted octanol–water partition coefficient (Wildman–Crippen LogP) is 3.88. The van der Waals surface area contributed by atoms with E-state index in [1.54, 1.807) is 48.5 Å². The van der Waals surface area contributed by atoms with Crippen molar-refractivity contribution in [2.45, 2.75) is 31.4 Å². The average Bonchev–Trinajstić information content (AvgIpc) is 3.41. The third-order valence-corrected chi connectivity index (χ3v) is 8.37. The molecule has 40 heavy (non-hydrogen) atoms. The summed E-state index contributed by atoms with van der Waals surface area (Å²) in [6, 6.07) is 17.6. The van der Waals surface area contributed by atoms with Crippen LogP contribution in [0.25, 0.3) is 17.2 Å². The summed E-state index contributed by atoms with van der Waals surface area (Å²) in [6.07, 6.45) is 1.87. The van der Waals surface area contributed by atoms with Crippen molar-refractivity contribution in [2.24, 2.45) is 0 Å². The SMILES string of the molecule is CCOc1cccc(-c2nnc(C(=O)NS(=O)(=O)C3CCCc4ccccc43)n2-c2c(OC)cccc2OC)n1. The number of aryl methyl sites for hydroxylation is 1. The van der Waals surface area contributed by atoms with Gasteiger partial charge in [0, 0.05) is 6.07 Å². The van der Waals surface area contributed by atoms with Crippen LogP contribution in [0.5, 0.6) is 17.4 Å². The number of pyridine rings is 1. The molecule has 5 rings (SSSR count). The molecule has 1 atom stereocenters. The van der Waals surface area contributed by atoms with E-state index >= 15 is 0 Å². The van der Waals surface area contributed by atoms with Gasteiger partial charge < -0.3 is 14.2 Å². The Kier molecular flexibility index (Phi) is 7.69. The highest BCUT2D eigenvalue weighted by Crippen LogP contribution is 2.37. The van der Waals surface area contributed by atoms with Gasteiger partial charge in [0.05, 0.1) is 20.8 Å². The van der Waals surface area contributed by atoms with Gasteiger partial charge in [-0.1, -0.05) is 36.4 Å². The zero-order chi connectivity index (χ0) is 28.3. The lowest BCUT2D eigenvalue weighted by molar-refractivity contribution is 0.0969. The van der Waals surface area contributed by atoms with Crippen LogP contribution in [0.1, 0.15) is 46.8 Å². The molecule has 2 aromatic carbocycles. The number of amides is 1. The Labute approximate surface area is 232 Å². The van der Waals surface area contributed by atoms with Crippen molar-refractivity contribution < 1.29 is 27.4 Å². The second kappa shape index (κ2) is 11.3. The van der Waals surface area contributed by atoms with E-state index in [1.807, 2.05) is 19.1 Å². The van der Waals surface area contributed by atoms with E-state index in [4.69, 9.17) is 14.2 Å². The van der Waals surface area contributed by atoms with E-state index in [0.717, 1.165) is 12.0 Å². The molecule has 0 saturated carbocycles. The third kappa shape index (κ3) is 5.09. The molecule has 2 aromatic heterocycles. The lowest BCUT2D eigenvalue weighted by atomic mass is 9.91. The van der Waals surface area contributed by atoms with Gasteiger partial charge in [-0.2, -0.15) is 0 Å². The van der Waals surface area contributed by atoms with Crippen molar-refractivity contribution in [3.8, 4) is 34.6 Å². The summed E-state index contributed by atoms with van der Waals surface area (Å²) in [5, 5.41) is 7.48. The molecule has 1 N–H and O–H groups in total. The molecule has 0 bridgehead atoms. The van der Waals surface area contributed by atoms with Gasteiger partial charge in [0.1, 0.15) is 28.1 Å². The molecule has 0 spiro atoms. The Morgan fingerprint density at radius 2 is 1.73 bits per heavy atom. The standard InChI is InChI=1S/C28H29N5O6S/c1-4-39-24-17-8-13-20(29-24)26-30-31-27(33(26)25-21(37-2)14-9-15-22(25)38-3)28(34)32-40(35,36)23-16-7-11-18-10-5-6-12-19(18)23/h5-6,8-10,12-15,17,23H,4,7,11,16H2,1-3H3,(H,32,34). The van der Waals surface area contributed by atoms with E-state index in [2.05, 4.69) is 19.9 Å². The Balaban J connectivity index is 1.62. The zero-order valence-electron chi connectivity index (χ0n) is 22.3. The first kappa shape index (κ1) is 27.1. The van der Waals surface area contributed by atoms with Crippen LogP contribution in [0, 0.1) is 0 Å². The number of nitrogens with zero attached hydrogens (tertiary/aromatic N) is 4. The van der Waals surface area contributed by atoms with E-state index in [1.165, 1.54) is 18.8 Å². The summed E-state index contributed by atoms with van der Waals surface area (Å²) in [4.78, 5) is 18.2. The highest BCUT2D eigenvalue weighted by Gasteiger charge is 2.35. The van der Waals surface area contributed by atoms with E-state index in [9.17, 15) is 13.2 Å². The molecule has 11 nitrogen and oxygen atoms in total. The summed E-state index contributed by atoms with van der Waals surface area (Å²) < 4.78 is 47.4. The molecular weight excluding hydrogens is 534 g/mol. The average molecular weight is 564 g/mol. The number of sulfonamides is 1. The molecule has 1 aliphatic carbocycles. The number of ether oxygens (including phenoxy) is 3. The van der Waals surface area contributed by atoms with Gasteiger partial charge in [-0.3, -0.25) is 9.36 Å². The fourth-order valence-corrected chi connectivity index (χ4v) is 6.44. The molecule has 1 unspecified atom stereocenters. The number of para-hydroxylation sites is 1. The third-order valence-electron chi connectivity index (χ3n) is 6.66. The van der Waals surface area contributed by atoms with Crippen LogP contribution in [0.4, 0.5) is 0 Å². The molecule has 0 radical (unpaired) electrons. The summed E-state index contributed by atoms with van der Waals surface area (Å²) in [6.45, 7) is 2.24. The zero-order valence-corrected chi connectivity index (χ0v) is 23.1. The Hall–Kier alpha value is -4.45. The summed E-state index contributed by atoms with van der Waals surface area (Å²) in [5.74, 6) is -0.0234. The number of hydrogen-bond donors (Lipinski definition) is 1. The molecule has 2 heterocycles. The molecule has 0 aliphatic heterocycles. The minimum atomic E-state index is -4.12. The number of hydrogen-bond acceptors (Lipinski definition) is 9. The van der Waals surface area contributed by atoms with Crippen LogP contribution in [0.2, 0.25) is 0 Å². The van der Waals surface area contributed by atoms with Gasteiger partial charge in [0.15, 0.2) is 5.82 Å². The van der Waals surface area contributed by atoms with Crippen LogP contribution in [-0.2, 0) is 16.4 Å². The molecule has 208 valence electrons. The maximum atomic E-state index is 13.7. The van der Waals surface area contributed by atoms with Crippen LogP contribution in [0.3, 0.4) is 0 Å². The number of benzene rings is 2. The molecular formula is C28H29N5O6S. The maximum absolute atomic E-state index is 13.7. The van der Waals surface area contributed by atoms with Crippen LogP contribution >= 0.6 is 0 Å². The second-order valence-electron chi connectivity index (χ2n) is 9.04. The molecule has 0 fully saturated rings. The predicted molar refractivity (Wildman–Crippen MR) is 147 cm³/mol. The lowest BCUT2D eigenvalue weighted by Gasteiger charge is -2.25. The maximum Gasteiger partial charge on any atom is 0.303 e. The summed E-state index contributed by atoms with van der Waals surface area (Å²) in [5.41, 5.74) is 2.30. The normalized spacial score (nSPS) is 14.7. The van der Waals surface area contributed by atoms with Crippen LogP contribution in [0.15, 0.2) is 60.7 Å². The second-order valence-corrected chi connectivity index (χ2v) is 10.9. The Morgan fingerprint density at radius 1 is 1.00 bits per heavy atom.